The summed E-state index contributed by atoms with van der Waals surface area (Å²) in [5.74, 6) is 0.869. The molecule has 3 saturated heterocycles. The minimum atomic E-state index is 0.147. The lowest BCUT2D eigenvalue weighted by Gasteiger charge is -2.48. The van der Waals surface area contributed by atoms with Gasteiger partial charge in [-0.2, -0.15) is 0 Å². The standard InChI is InChI=1S/C17H27N5O/c1-5-19-16(20-6-1)22-11-9-21(10-12-22)15-2-13-23-17(14-15)3-7-18-8-4-17/h1,5-6,15,18H,2-4,7-14H2. The number of hydrogen-bond acceptors (Lipinski definition) is 6. The average molecular weight is 317 g/mol. The molecule has 1 N–H and O–H groups in total. The molecule has 0 amide bonds. The molecule has 4 heterocycles. The summed E-state index contributed by atoms with van der Waals surface area (Å²) >= 11 is 0. The van der Waals surface area contributed by atoms with Crippen molar-refractivity contribution < 1.29 is 4.74 Å². The highest BCUT2D eigenvalue weighted by Gasteiger charge is 2.40. The number of piperazine rings is 1. The van der Waals surface area contributed by atoms with E-state index in [2.05, 4.69) is 25.1 Å². The summed E-state index contributed by atoms with van der Waals surface area (Å²) in [7, 11) is 0. The Hall–Kier alpha value is -1.24. The highest BCUT2D eigenvalue weighted by Crippen LogP contribution is 2.35. The minimum Gasteiger partial charge on any atom is -0.375 e. The minimum absolute atomic E-state index is 0.147. The Morgan fingerprint density at radius 1 is 1.09 bits per heavy atom. The van der Waals surface area contributed by atoms with Crippen LogP contribution in [0.25, 0.3) is 0 Å². The maximum Gasteiger partial charge on any atom is 0.225 e. The number of rotatable bonds is 2. The van der Waals surface area contributed by atoms with Gasteiger partial charge in [0.1, 0.15) is 0 Å². The Balaban J connectivity index is 1.35. The SMILES string of the molecule is c1cnc(N2CCN(C3CCOC4(CCNCC4)C3)CC2)nc1. The number of nitrogens with zero attached hydrogens (tertiary/aromatic N) is 4. The molecular formula is C17H27N5O. The fourth-order valence-corrected chi connectivity index (χ4v) is 4.29. The van der Waals surface area contributed by atoms with E-state index in [1.54, 1.807) is 0 Å². The zero-order valence-corrected chi connectivity index (χ0v) is 13.8. The third kappa shape index (κ3) is 3.34. The number of ether oxygens (including phenoxy) is 1. The lowest BCUT2D eigenvalue weighted by Crippen LogP contribution is -2.57. The third-order valence-electron chi connectivity index (χ3n) is 5.65. The quantitative estimate of drug-likeness (QED) is 0.875. The number of aromatic nitrogens is 2. The van der Waals surface area contributed by atoms with Crippen molar-refractivity contribution in [2.75, 3.05) is 50.8 Å². The molecule has 0 radical (unpaired) electrons. The van der Waals surface area contributed by atoms with Gasteiger partial charge in [0.25, 0.3) is 0 Å². The van der Waals surface area contributed by atoms with Crippen molar-refractivity contribution in [3.05, 3.63) is 18.5 Å². The normalized spacial score (nSPS) is 28.9. The smallest absolute Gasteiger partial charge is 0.225 e. The summed E-state index contributed by atoms with van der Waals surface area (Å²) in [4.78, 5) is 13.7. The van der Waals surface area contributed by atoms with E-state index in [0.717, 1.165) is 51.8 Å². The maximum atomic E-state index is 6.22. The second-order valence-electron chi connectivity index (χ2n) is 7.00. The van der Waals surface area contributed by atoms with Gasteiger partial charge in [0.15, 0.2) is 0 Å². The van der Waals surface area contributed by atoms with Crippen molar-refractivity contribution in [1.82, 2.24) is 20.2 Å². The largest absolute Gasteiger partial charge is 0.375 e. The van der Waals surface area contributed by atoms with E-state index >= 15 is 0 Å². The fourth-order valence-electron chi connectivity index (χ4n) is 4.29. The van der Waals surface area contributed by atoms with Gasteiger partial charge < -0.3 is 15.0 Å². The zero-order valence-electron chi connectivity index (χ0n) is 13.8. The van der Waals surface area contributed by atoms with E-state index < -0.39 is 0 Å². The van der Waals surface area contributed by atoms with Gasteiger partial charge in [-0.15, -0.1) is 0 Å². The molecule has 1 unspecified atom stereocenters. The van der Waals surface area contributed by atoms with Crippen molar-refractivity contribution in [2.45, 2.75) is 37.3 Å². The molecular weight excluding hydrogens is 290 g/mol. The second kappa shape index (κ2) is 6.71. The van der Waals surface area contributed by atoms with E-state index in [4.69, 9.17) is 4.74 Å². The number of anilines is 1. The first-order valence-corrected chi connectivity index (χ1v) is 8.95. The Morgan fingerprint density at radius 3 is 2.57 bits per heavy atom. The molecule has 0 aliphatic carbocycles. The number of hydrogen-bond donors (Lipinski definition) is 1. The lowest BCUT2D eigenvalue weighted by molar-refractivity contribution is -0.121. The molecule has 0 bridgehead atoms. The van der Waals surface area contributed by atoms with Crippen molar-refractivity contribution in [1.29, 1.82) is 0 Å². The van der Waals surface area contributed by atoms with Crippen LogP contribution in [0.15, 0.2) is 18.5 Å². The van der Waals surface area contributed by atoms with Crippen LogP contribution >= 0.6 is 0 Å². The molecule has 3 fully saturated rings. The van der Waals surface area contributed by atoms with Crippen molar-refractivity contribution >= 4 is 5.95 Å². The van der Waals surface area contributed by atoms with Gasteiger partial charge in [-0.25, -0.2) is 9.97 Å². The Labute approximate surface area is 138 Å². The molecule has 0 saturated carbocycles. The van der Waals surface area contributed by atoms with Crippen LogP contribution in [-0.2, 0) is 4.74 Å². The van der Waals surface area contributed by atoms with E-state index in [1.807, 2.05) is 18.5 Å². The van der Waals surface area contributed by atoms with Crippen LogP contribution in [0.4, 0.5) is 5.95 Å². The topological polar surface area (TPSA) is 53.5 Å². The van der Waals surface area contributed by atoms with Crippen molar-refractivity contribution in [2.24, 2.45) is 0 Å². The molecule has 23 heavy (non-hydrogen) atoms. The summed E-state index contributed by atoms with van der Waals surface area (Å²) in [6, 6.07) is 2.56. The molecule has 1 spiro atoms. The van der Waals surface area contributed by atoms with Gasteiger partial charge >= 0.3 is 0 Å². The van der Waals surface area contributed by atoms with Gasteiger partial charge in [0, 0.05) is 51.2 Å². The van der Waals surface area contributed by atoms with Crippen LogP contribution < -0.4 is 10.2 Å². The van der Waals surface area contributed by atoms with E-state index in [-0.39, 0.29) is 5.60 Å². The summed E-state index contributed by atoms with van der Waals surface area (Å²) < 4.78 is 6.22. The zero-order chi connectivity index (χ0) is 15.5. The summed E-state index contributed by atoms with van der Waals surface area (Å²) in [5, 5.41) is 3.46. The van der Waals surface area contributed by atoms with Gasteiger partial charge in [-0.1, -0.05) is 0 Å². The molecule has 1 aromatic heterocycles. The Morgan fingerprint density at radius 2 is 1.83 bits per heavy atom. The van der Waals surface area contributed by atoms with Crippen LogP contribution in [0.3, 0.4) is 0 Å². The van der Waals surface area contributed by atoms with Crippen molar-refractivity contribution in [3.63, 3.8) is 0 Å². The first kappa shape index (κ1) is 15.3. The van der Waals surface area contributed by atoms with Crippen LogP contribution in [0.2, 0.25) is 0 Å². The number of nitrogens with one attached hydrogen (secondary N) is 1. The molecule has 6 nitrogen and oxygen atoms in total. The second-order valence-corrected chi connectivity index (χ2v) is 7.00. The first-order valence-electron chi connectivity index (χ1n) is 8.95. The van der Waals surface area contributed by atoms with E-state index in [9.17, 15) is 0 Å². The highest BCUT2D eigenvalue weighted by molar-refractivity contribution is 5.29. The molecule has 3 aliphatic heterocycles. The molecule has 1 atom stereocenters. The lowest BCUT2D eigenvalue weighted by atomic mass is 9.82. The van der Waals surface area contributed by atoms with Gasteiger partial charge in [-0.05, 0) is 44.8 Å². The van der Waals surface area contributed by atoms with Crippen LogP contribution in [0.1, 0.15) is 25.7 Å². The Kier molecular flexibility index (Phi) is 4.46. The number of piperidine rings is 1. The summed E-state index contributed by atoms with van der Waals surface area (Å²) in [6.07, 6.45) is 8.37. The van der Waals surface area contributed by atoms with Crippen LogP contribution in [-0.4, -0.2) is 72.4 Å². The molecule has 4 rings (SSSR count). The summed E-state index contributed by atoms with van der Waals surface area (Å²) in [5.41, 5.74) is 0.147. The maximum absolute atomic E-state index is 6.22. The summed E-state index contributed by atoms with van der Waals surface area (Å²) in [6.45, 7) is 7.39. The van der Waals surface area contributed by atoms with Gasteiger partial charge in [-0.3, -0.25) is 4.90 Å². The monoisotopic (exact) mass is 317 g/mol. The van der Waals surface area contributed by atoms with Crippen molar-refractivity contribution in [3.8, 4) is 0 Å². The Bertz CT molecular complexity index is 491. The van der Waals surface area contributed by atoms with E-state index in [1.165, 1.54) is 25.7 Å². The fraction of sp³-hybridized carbons (Fsp3) is 0.765. The predicted octanol–water partition coefficient (Wildman–Crippen LogP) is 0.900. The first-order chi connectivity index (χ1) is 11.3. The molecule has 126 valence electrons. The molecule has 1 aromatic rings. The highest BCUT2D eigenvalue weighted by atomic mass is 16.5. The molecule has 6 heteroatoms. The average Bonchev–Trinajstić information content (AvgIpc) is 2.63. The van der Waals surface area contributed by atoms with Gasteiger partial charge in [0.2, 0.25) is 5.95 Å². The third-order valence-corrected chi connectivity index (χ3v) is 5.65. The predicted molar refractivity (Wildman–Crippen MR) is 89.6 cm³/mol. The molecule has 0 aromatic carbocycles. The van der Waals surface area contributed by atoms with Crippen LogP contribution in [0, 0.1) is 0 Å². The van der Waals surface area contributed by atoms with Crippen LogP contribution in [0.5, 0.6) is 0 Å². The molecule has 3 aliphatic rings. The van der Waals surface area contributed by atoms with E-state index in [0.29, 0.717) is 6.04 Å². The van der Waals surface area contributed by atoms with Gasteiger partial charge in [0.05, 0.1) is 5.60 Å².